The Morgan fingerprint density at radius 1 is 1.75 bits per heavy atom. The van der Waals surface area contributed by atoms with Crippen LogP contribution < -0.4 is 0 Å². The van der Waals surface area contributed by atoms with Crippen molar-refractivity contribution in [2.75, 3.05) is 13.7 Å². The third-order valence-corrected chi connectivity index (χ3v) is 0.642. The zero-order chi connectivity index (χ0) is 6.41. The topological polar surface area (TPSA) is 45.0 Å². The molecule has 0 spiro atoms. The van der Waals surface area contributed by atoms with E-state index in [2.05, 4.69) is 16.8 Å². The second-order valence-electron chi connectivity index (χ2n) is 1.34. The van der Waals surface area contributed by atoms with Gasteiger partial charge in [0.1, 0.15) is 0 Å². The van der Waals surface area contributed by atoms with Gasteiger partial charge < -0.3 is 5.11 Å². The number of azo groups is 1. The molecular weight excluding hydrogens is 104 g/mol. The van der Waals surface area contributed by atoms with E-state index in [0.29, 0.717) is 12.1 Å². The van der Waals surface area contributed by atoms with Crippen LogP contribution >= 0.6 is 0 Å². The van der Waals surface area contributed by atoms with Gasteiger partial charge in [-0.25, -0.2) is 0 Å². The van der Waals surface area contributed by atoms with Crippen molar-refractivity contribution in [3.05, 3.63) is 12.3 Å². The highest BCUT2D eigenvalue weighted by molar-refractivity contribution is 4.88. The first-order chi connectivity index (χ1) is 3.81. The van der Waals surface area contributed by atoms with Crippen molar-refractivity contribution in [1.29, 1.82) is 0 Å². The molecule has 0 unspecified atom stereocenters. The van der Waals surface area contributed by atoms with Gasteiger partial charge in [0.05, 0.1) is 5.70 Å². The molecule has 0 aliphatic carbocycles. The van der Waals surface area contributed by atoms with Gasteiger partial charge in [-0.3, -0.25) is 0 Å². The minimum absolute atomic E-state index is 0.0951. The van der Waals surface area contributed by atoms with E-state index in [0.717, 1.165) is 0 Å². The van der Waals surface area contributed by atoms with Gasteiger partial charge in [0, 0.05) is 20.1 Å². The van der Waals surface area contributed by atoms with Crippen LogP contribution in [0.25, 0.3) is 0 Å². The summed E-state index contributed by atoms with van der Waals surface area (Å²) >= 11 is 0. The highest BCUT2D eigenvalue weighted by Gasteiger charge is 1.84. The molecule has 0 bridgehead atoms. The average Bonchev–Trinajstić information content (AvgIpc) is 1.68. The molecule has 0 aromatic rings. The lowest BCUT2D eigenvalue weighted by molar-refractivity contribution is 0.298. The first-order valence-corrected chi connectivity index (χ1v) is 2.39. The number of rotatable bonds is 3. The van der Waals surface area contributed by atoms with E-state index in [1.165, 1.54) is 0 Å². The molecule has 0 aliphatic rings. The third-order valence-electron chi connectivity index (χ3n) is 0.642. The summed E-state index contributed by atoms with van der Waals surface area (Å²) in [7, 11) is 1.57. The van der Waals surface area contributed by atoms with Gasteiger partial charge in [-0.05, 0) is 0 Å². The summed E-state index contributed by atoms with van der Waals surface area (Å²) in [6.07, 6.45) is 0.511. The Morgan fingerprint density at radius 3 is 2.75 bits per heavy atom. The predicted molar refractivity (Wildman–Crippen MR) is 31.6 cm³/mol. The summed E-state index contributed by atoms with van der Waals surface area (Å²) in [4.78, 5) is 0. The van der Waals surface area contributed by atoms with Crippen LogP contribution in [0, 0.1) is 0 Å². The summed E-state index contributed by atoms with van der Waals surface area (Å²) in [6.45, 7) is 3.61. The zero-order valence-electron chi connectivity index (χ0n) is 4.96. The molecule has 0 amide bonds. The van der Waals surface area contributed by atoms with E-state index in [-0.39, 0.29) is 6.61 Å². The molecule has 8 heavy (non-hydrogen) atoms. The summed E-state index contributed by atoms with van der Waals surface area (Å²) in [6, 6.07) is 0. The molecule has 0 fully saturated rings. The van der Waals surface area contributed by atoms with E-state index in [4.69, 9.17) is 5.11 Å². The quantitative estimate of drug-likeness (QED) is 0.546. The zero-order valence-corrected chi connectivity index (χ0v) is 4.96. The number of aliphatic hydroxyl groups is 1. The molecule has 0 rings (SSSR count). The Morgan fingerprint density at radius 2 is 2.38 bits per heavy atom. The first-order valence-electron chi connectivity index (χ1n) is 2.39. The molecule has 0 saturated heterocycles. The third kappa shape index (κ3) is 3.49. The number of hydrogen-bond donors (Lipinski definition) is 1. The molecule has 0 aliphatic heterocycles. The second-order valence-corrected chi connectivity index (χ2v) is 1.34. The molecule has 3 nitrogen and oxygen atoms in total. The Balaban J connectivity index is 3.33. The highest BCUT2D eigenvalue weighted by Crippen LogP contribution is 1.96. The summed E-state index contributed by atoms with van der Waals surface area (Å²) in [5.41, 5.74) is 0.620. The van der Waals surface area contributed by atoms with Crippen LogP contribution in [0.15, 0.2) is 22.5 Å². The maximum absolute atomic E-state index is 8.30. The average molecular weight is 114 g/mol. The maximum atomic E-state index is 8.30. The summed E-state index contributed by atoms with van der Waals surface area (Å²) < 4.78 is 0. The number of aliphatic hydroxyl groups excluding tert-OH is 1. The molecule has 3 heteroatoms. The normalized spacial score (nSPS) is 10.2. The van der Waals surface area contributed by atoms with Crippen molar-refractivity contribution in [2.24, 2.45) is 10.2 Å². The van der Waals surface area contributed by atoms with Crippen molar-refractivity contribution in [2.45, 2.75) is 6.42 Å². The molecule has 0 heterocycles. The molecular formula is C5H10N2O. The van der Waals surface area contributed by atoms with E-state index in [1.54, 1.807) is 7.05 Å². The van der Waals surface area contributed by atoms with Crippen LogP contribution in [0.3, 0.4) is 0 Å². The van der Waals surface area contributed by atoms with Crippen LogP contribution in [0.5, 0.6) is 0 Å². The molecule has 0 aromatic carbocycles. The molecule has 0 atom stereocenters. The van der Waals surface area contributed by atoms with E-state index < -0.39 is 0 Å². The summed E-state index contributed by atoms with van der Waals surface area (Å²) in [5, 5.41) is 15.4. The van der Waals surface area contributed by atoms with Gasteiger partial charge in [-0.15, -0.1) is 0 Å². The van der Waals surface area contributed by atoms with Crippen molar-refractivity contribution >= 4 is 0 Å². The minimum Gasteiger partial charge on any atom is -0.396 e. The molecule has 46 valence electrons. The fourth-order valence-corrected chi connectivity index (χ4v) is 0.320. The first kappa shape index (κ1) is 7.30. The van der Waals surface area contributed by atoms with Crippen molar-refractivity contribution < 1.29 is 5.11 Å². The molecule has 0 saturated carbocycles. The lowest BCUT2D eigenvalue weighted by Crippen LogP contribution is -1.81. The second kappa shape index (κ2) is 4.46. The SMILES string of the molecule is C=C(CCO)N=NC. The fourth-order valence-electron chi connectivity index (χ4n) is 0.320. The molecule has 0 aromatic heterocycles. The Hall–Kier alpha value is -0.700. The van der Waals surface area contributed by atoms with Crippen molar-refractivity contribution in [1.82, 2.24) is 0 Å². The maximum Gasteiger partial charge on any atom is 0.0577 e. The lowest BCUT2D eigenvalue weighted by atomic mass is 10.4. The van der Waals surface area contributed by atoms with Gasteiger partial charge in [0.2, 0.25) is 0 Å². The van der Waals surface area contributed by atoms with E-state index in [1.807, 2.05) is 0 Å². The molecule has 0 radical (unpaired) electrons. The van der Waals surface area contributed by atoms with E-state index >= 15 is 0 Å². The summed E-state index contributed by atoms with van der Waals surface area (Å²) in [5.74, 6) is 0. The Kier molecular flexibility index (Phi) is 4.07. The van der Waals surface area contributed by atoms with Gasteiger partial charge in [0.15, 0.2) is 0 Å². The van der Waals surface area contributed by atoms with Crippen molar-refractivity contribution in [3.8, 4) is 0 Å². The van der Waals surface area contributed by atoms with Crippen LogP contribution in [0.2, 0.25) is 0 Å². The van der Waals surface area contributed by atoms with Crippen molar-refractivity contribution in [3.63, 3.8) is 0 Å². The standard InChI is InChI=1S/C5H10N2O/c1-5(3-4-8)7-6-2/h8H,1,3-4H2,2H3. The van der Waals surface area contributed by atoms with Gasteiger partial charge in [-0.1, -0.05) is 6.58 Å². The lowest BCUT2D eigenvalue weighted by Gasteiger charge is -1.89. The largest absolute Gasteiger partial charge is 0.396 e. The minimum atomic E-state index is 0.0951. The fraction of sp³-hybridized carbons (Fsp3) is 0.600. The number of hydrogen-bond acceptors (Lipinski definition) is 3. The number of nitrogens with zero attached hydrogens (tertiary/aromatic N) is 2. The smallest absolute Gasteiger partial charge is 0.0577 e. The van der Waals surface area contributed by atoms with E-state index in [9.17, 15) is 0 Å². The Bertz CT molecular complexity index is 98.6. The van der Waals surface area contributed by atoms with Crippen LogP contribution in [0.1, 0.15) is 6.42 Å². The van der Waals surface area contributed by atoms with Crippen LogP contribution in [-0.4, -0.2) is 18.8 Å². The van der Waals surface area contributed by atoms with Crippen LogP contribution in [0.4, 0.5) is 0 Å². The van der Waals surface area contributed by atoms with Crippen LogP contribution in [-0.2, 0) is 0 Å². The Labute approximate surface area is 48.8 Å². The molecule has 1 N–H and O–H groups in total. The monoisotopic (exact) mass is 114 g/mol. The predicted octanol–water partition coefficient (Wildman–Crippen LogP) is 0.965. The van der Waals surface area contributed by atoms with Gasteiger partial charge in [0.25, 0.3) is 0 Å². The highest BCUT2D eigenvalue weighted by atomic mass is 16.3. The van der Waals surface area contributed by atoms with Gasteiger partial charge in [-0.2, -0.15) is 10.2 Å². The van der Waals surface area contributed by atoms with Gasteiger partial charge >= 0.3 is 0 Å².